The average molecular weight is 308 g/mol. The Morgan fingerprint density at radius 3 is 2.75 bits per heavy atom. The van der Waals surface area contributed by atoms with E-state index in [2.05, 4.69) is 31.3 Å². The Morgan fingerprint density at radius 1 is 1.15 bits per heavy atom. The van der Waals surface area contributed by atoms with Crippen molar-refractivity contribution in [3.05, 3.63) is 57.1 Å². The minimum absolute atomic E-state index is 0.130. The molecular weight excluding hydrogens is 293 g/mol. The normalized spacial score (nSPS) is 17.1. The summed E-state index contributed by atoms with van der Waals surface area (Å²) in [5, 5.41) is 4.75. The van der Waals surface area contributed by atoms with E-state index in [1.165, 1.54) is 5.56 Å². The van der Waals surface area contributed by atoms with E-state index in [-0.39, 0.29) is 6.10 Å². The van der Waals surface area contributed by atoms with Gasteiger partial charge < -0.3 is 10.1 Å². The van der Waals surface area contributed by atoms with Gasteiger partial charge in [-0.15, -0.1) is 0 Å². The number of hydrogen-bond donors (Lipinski definition) is 1. The third-order valence-corrected chi connectivity index (χ3v) is 4.04. The molecule has 0 fully saturated rings. The summed E-state index contributed by atoms with van der Waals surface area (Å²) in [5.74, 6) is 0.892. The first-order valence-corrected chi connectivity index (χ1v) is 7.27. The molecule has 1 unspecified atom stereocenters. The molecule has 0 saturated heterocycles. The Balaban J connectivity index is 1.98. The van der Waals surface area contributed by atoms with Crippen LogP contribution in [-0.2, 0) is 0 Å². The number of fused-ring (bicyclic) bond motifs is 1. The van der Waals surface area contributed by atoms with Crippen molar-refractivity contribution in [3.8, 4) is 5.75 Å². The third-order valence-electron chi connectivity index (χ3n) is 3.46. The number of halogens is 2. The van der Waals surface area contributed by atoms with Crippen LogP contribution in [0.1, 0.15) is 22.8 Å². The topological polar surface area (TPSA) is 21.3 Å². The van der Waals surface area contributed by atoms with Crippen LogP contribution in [0.25, 0.3) is 0 Å². The van der Waals surface area contributed by atoms with Crippen LogP contribution in [0.15, 0.2) is 30.3 Å². The minimum Gasteiger partial charge on any atom is -0.481 e. The number of anilines is 1. The maximum atomic E-state index is 6.26. The fourth-order valence-electron chi connectivity index (χ4n) is 2.56. The molecule has 20 heavy (non-hydrogen) atoms. The van der Waals surface area contributed by atoms with Crippen LogP contribution in [0.2, 0.25) is 10.0 Å². The molecule has 0 aromatic heterocycles. The molecule has 2 aromatic rings. The monoisotopic (exact) mass is 307 g/mol. The van der Waals surface area contributed by atoms with E-state index in [1.807, 2.05) is 6.07 Å². The summed E-state index contributed by atoms with van der Waals surface area (Å²) < 4.78 is 6.13. The fraction of sp³-hybridized carbons (Fsp3) is 0.250. The Bertz CT molecular complexity index is 670. The van der Waals surface area contributed by atoms with E-state index in [9.17, 15) is 0 Å². The van der Waals surface area contributed by atoms with Crippen molar-refractivity contribution in [2.45, 2.75) is 20.0 Å². The van der Waals surface area contributed by atoms with Gasteiger partial charge in [-0.3, -0.25) is 0 Å². The molecule has 1 aliphatic rings. The zero-order chi connectivity index (χ0) is 14.3. The van der Waals surface area contributed by atoms with Gasteiger partial charge in [0.15, 0.2) is 0 Å². The average Bonchev–Trinajstić information content (AvgIpc) is 2.41. The largest absolute Gasteiger partial charge is 0.481 e. The Kier molecular flexibility index (Phi) is 3.53. The summed E-state index contributed by atoms with van der Waals surface area (Å²) >= 11 is 12.3. The van der Waals surface area contributed by atoms with E-state index >= 15 is 0 Å². The van der Waals surface area contributed by atoms with Crippen molar-refractivity contribution in [1.82, 2.24) is 0 Å². The van der Waals surface area contributed by atoms with Gasteiger partial charge in [-0.2, -0.15) is 0 Å². The van der Waals surface area contributed by atoms with Crippen LogP contribution in [0.5, 0.6) is 5.75 Å². The van der Waals surface area contributed by atoms with Crippen molar-refractivity contribution in [3.63, 3.8) is 0 Å². The van der Waals surface area contributed by atoms with Crippen LogP contribution in [0.3, 0.4) is 0 Å². The number of ether oxygens (including phenoxy) is 1. The summed E-state index contributed by atoms with van der Waals surface area (Å²) in [7, 11) is 0. The molecule has 1 aliphatic heterocycles. The standard InChI is InChI=1S/C16H15Cl2NO/c1-9-5-10(2)16-14(6-9)19-8-15(20-16)12-7-11(17)3-4-13(12)18/h3-7,15,19H,8H2,1-2H3. The molecule has 2 aromatic carbocycles. The second-order valence-electron chi connectivity index (χ2n) is 5.11. The van der Waals surface area contributed by atoms with E-state index in [1.54, 1.807) is 12.1 Å². The van der Waals surface area contributed by atoms with Crippen LogP contribution < -0.4 is 10.1 Å². The lowest BCUT2D eigenvalue weighted by atomic mass is 10.0. The second kappa shape index (κ2) is 5.19. The molecule has 0 saturated carbocycles. The van der Waals surface area contributed by atoms with Crippen molar-refractivity contribution in [2.24, 2.45) is 0 Å². The maximum Gasteiger partial charge on any atom is 0.146 e. The molecule has 1 atom stereocenters. The van der Waals surface area contributed by atoms with Gasteiger partial charge in [-0.25, -0.2) is 0 Å². The van der Waals surface area contributed by atoms with Crippen LogP contribution in [0.4, 0.5) is 5.69 Å². The molecule has 0 amide bonds. The molecule has 1 N–H and O–H groups in total. The highest BCUT2D eigenvalue weighted by molar-refractivity contribution is 6.33. The minimum atomic E-state index is -0.130. The quantitative estimate of drug-likeness (QED) is 0.786. The van der Waals surface area contributed by atoms with Crippen LogP contribution in [-0.4, -0.2) is 6.54 Å². The lowest BCUT2D eigenvalue weighted by molar-refractivity contribution is 0.209. The molecular formula is C16H15Cl2NO. The third kappa shape index (κ3) is 2.46. The predicted molar refractivity (Wildman–Crippen MR) is 84.2 cm³/mol. The molecule has 2 nitrogen and oxygen atoms in total. The lowest BCUT2D eigenvalue weighted by Gasteiger charge is -2.29. The number of benzene rings is 2. The highest BCUT2D eigenvalue weighted by Gasteiger charge is 2.24. The molecule has 4 heteroatoms. The molecule has 0 aliphatic carbocycles. The highest BCUT2D eigenvalue weighted by atomic mass is 35.5. The maximum absolute atomic E-state index is 6.26. The van der Waals surface area contributed by atoms with Crippen LogP contribution in [0, 0.1) is 13.8 Å². The van der Waals surface area contributed by atoms with Gasteiger partial charge in [0.1, 0.15) is 11.9 Å². The number of nitrogens with one attached hydrogen (secondary N) is 1. The first kappa shape index (κ1) is 13.6. The van der Waals surface area contributed by atoms with Gasteiger partial charge in [-0.05, 0) is 49.2 Å². The second-order valence-corrected chi connectivity index (χ2v) is 5.96. The van der Waals surface area contributed by atoms with Gasteiger partial charge in [0.25, 0.3) is 0 Å². The summed E-state index contributed by atoms with van der Waals surface area (Å²) in [6.07, 6.45) is -0.130. The number of rotatable bonds is 1. The van der Waals surface area contributed by atoms with Crippen molar-refractivity contribution in [1.29, 1.82) is 0 Å². The number of hydrogen-bond acceptors (Lipinski definition) is 2. The van der Waals surface area contributed by atoms with Gasteiger partial charge in [0, 0.05) is 15.6 Å². The summed E-state index contributed by atoms with van der Waals surface area (Å²) in [6, 6.07) is 9.66. The first-order chi connectivity index (χ1) is 9.54. The Hall–Kier alpha value is -1.38. The van der Waals surface area contributed by atoms with Crippen molar-refractivity contribution >= 4 is 28.9 Å². The van der Waals surface area contributed by atoms with E-state index in [0.29, 0.717) is 16.6 Å². The molecule has 0 bridgehead atoms. The fourth-order valence-corrected chi connectivity index (χ4v) is 2.98. The van der Waals surface area contributed by atoms with Crippen molar-refractivity contribution in [2.75, 3.05) is 11.9 Å². The Morgan fingerprint density at radius 2 is 1.95 bits per heavy atom. The Labute approximate surface area is 128 Å². The van der Waals surface area contributed by atoms with E-state index in [4.69, 9.17) is 27.9 Å². The molecule has 3 rings (SSSR count). The van der Waals surface area contributed by atoms with E-state index in [0.717, 1.165) is 22.6 Å². The molecule has 0 spiro atoms. The summed E-state index contributed by atoms with van der Waals surface area (Å²) in [6.45, 7) is 4.81. The molecule has 1 heterocycles. The smallest absolute Gasteiger partial charge is 0.146 e. The SMILES string of the molecule is Cc1cc(C)c2c(c1)NCC(c1cc(Cl)ccc1Cl)O2. The van der Waals surface area contributed by atoms with Crippen LogP contribution >= 0.6 is 23.2 Å². The lowest BCUT2D eigenvalue weighted by Crippen LogP contribution is -2.24. The van der Waals surface area contributed by atoms with Crippen molar-refractivity contribution < 1.29 is 4.74 Å². The molecule has 0 radical (unpaired) electrons. The summed E-state index contributed by atoms with van der Waals surface area (Å²) in [5.41, 5.74) is 4.29. The predicted octanol–water partition coefficient (Wildman–Crippen LogP) is 5.16. The zero-order valence-corrected chi connectivity index (χ0v) is 12.8. The summed E-state index contributed by atoms with van der Waals surface area (Å²) in [4.78, 5) is 0. The number of aryl methyl sites for hydroxylation is 2. The van der Waals surface area contributed by atoms with Gasteiger partial charge >= 0.3 is 0 Å². The van der Waals surface area contributed by atoms with Gasteiger partial charge in [0.05, 0.1) is 12.2 Å². The first-order valence-electron chi connectivity index (χ1n) is 6.51. The zero-order valence-electron chi connectivity index (χ0n) is 11.3. The molecule has 104 valence electrons. The highest BCUT2D eigenvalue weighted by Crippen LogP contribution is 2.39. The van der Waals surface area contributed by atoms with E-state index < -0.39 is 0 Å². The van der Waals surface area contributed by atoms with Gasteiger partial charge in [0.2, 0.25) is 0 Å². The van der Waals surface area contributed by atoms with Gasteiger partial charge in [-0.1, -0.05) is 29.3 Å².